The van der Waals surface area contributed by atoms with Gasteiger partial charge in [0.25, 0.3) is 5.91 Å². The largest absolute Gasteiger partial charge is 0.481 e. The highest BCUT2D eigenvalue weighted by Crippen LogP contribution is 2.27. The number of methoxy groups -OCH3 is 1. The van der Waals surface area contributed by atoms with Crippen LogP contribution < -0.4 is 15.5 Å². The van der Waals surface area contributed by atoms with Gasteiger partial charge in [-0.25, -0.2) is 10.5 Å². The number of aromatic nitrogens is 2. The summed E-state index contributed by atoms with van der Waals surface area (Å²) in [5.41, 5.74) is 4.51. The van der Waals surface area contributed by atoms with E-state index in [4.69, 9.17) is 14.7 Å². The standard InChI is InChI=1S/C19H20N4O4/c1-3-27-17(19(24)23-25)12-4-6-13(7-5-12)21-15-10-11-20-18-14(15)8-9-16(22-18)26-2/h4-11,17,25H,3H2,1-2H3,(H,23,24)(H,20,21,22). The Morgan fingerprint density at radius 1 is 1.19 bits per heavy atom. The number of benzene rings is 1. The summed E-state index contributed by atoms with van der Waals surface area (Å²) >= 11 is 0. The number of ether oxygens (including phenoxy) is 2. The van der Waals surface area contributed by atoms with Crippen LogP contribution in [0, 0.1) is 0 Å². The van der Waals surface area contributed by atoms with Crippen LogP contribution in [0.25, 0.3) is 11.0 Å². The fourth-order valence-electron chi connectivity index (χ4n) is 2.68. The van der Waals surface area contributed by atoms with Gasteiger partial charge in [0.15, 0.2) is 11.8 Å². The van der Waals surface area contributed by atoms with Crippen LogP contribution in [-0.4, -0.2) is 34.8 Å². The molecule has 8 nitrogen and oxygen atoms in total. The van der Waals surface area contributed by atoms with E-state index in [0.717, 1.165) is 16.8 Å². The molecule has 0 saturated carbocycles. The fourth-order valence-corrected chi connectivity index (χ4v) is 2.68. The van der Waals surface area contributed by atoms with Gasteiger partial charge in [0.1, 0.15) is 0 Å². The highest BCUT2D eigenvalue weighted by molar-refractivity contribution is 5.91. The molecule has 1 aromatic carbocycles. The molecule has 27 heavy (non-hydrogen) atoms. The van der Waals surface area contributed by atoms with Gasteiger partial charge in [-0.1, -0.05) is 12.1 Å². The Morgan fingerprint density at radius 3 is 2.63 bits per heavy atom. The summed E-state index contributed by atoms with van der Waals surface area (Å²) in [6.07, 6.45) is 0.801. The third-order valence-corrected chi connectivity index (χ3v) is 3.96. The topological polar surface area (TPSA) is 106 Å². The molecule has 0 aliphatic rings. The van der Waals surface area contributed by atoms with Crippen molar-refractivity contribution in [3.05, 3.63) is 54.2 Å². The van der Waals surface area contributed by atoms with Crippen molar-refractivity contribution in [2.24, 2.45) is 0 Å². The van der Waals surface area contributed by atoms with E-state index in [1.165, 1.54) is 0 Å². The molecule has 1 amide bonds. The zero-order valence-corrected chi connectivity index (χ0v) is 15.0. The zero-order valence-electron chi connectivity index (χ0n) is 15.0. The minimum atomic E-state index is -0.868. The molecule has 0 bridgehead atoms. The molecule has 3 aromatic rings. The molecule has 1 atom stereocenters. The maximum Gasteiger partial charge on any atom is 0.277 e. The lowest BCUT2D eigenvalue weighted by atomic mass is 10.1. The summed E-state index contributed by atoms with van der Waals surface area (Å²) in [5.74, 6) is -0.113. The number of carbonyl (C=O) groups is 1. The molecule has 2 aromatic heterocycles. The summed E-state index contributed by atoms with van der Waals surface area (Å²) in [5, 5.41) is 13.0. The first-order valence-electron chi connectivity index (χ1n) is 8.38. The maximum absolute atomic E-state index is 11.8. The average Bonchev–Trinajstić information content (AvgIpc) is 2.72. The van der Waals surface area contributed by atoms with Crippen molar-refractivity contribution in [2.75, 3.05) is 19.0 Å². The molecule has 8 heteroatoms. The number of anilines is 2. The molecule has 140 valence electrons. The number of carbonyl (C=O) groups excluding carboxylic acids is 1. The molecule has 0 aliphatic carbocycles. The second-order valence-corrected chi connectivity index (χ2v) is 5.64. The summed E-state index contributed by atoms with van der Waals surface area (Å²) in [7, 11) is 1.56. The van der Waals surface area contributed by atoms with Crippen molar-refractivity contribution in [3.8, 4) is 5.88 Å². The first kappa shape index (κ1) is 18.6. The molecule has 1 unspecified atom stereocenters. The first-order chi connectivity index (χ1) is 13.2. The van der Waals surface area contributed by atoms with Crippen LogP contribution in [0.3, 0.4) is 0 Å². The van der Waals surface area contributed by atoms with Crippen molar-refractivity contribution >= 4 is 28.3 Å². The van der Waals surface area contributed by atoms with Crippen molar-refractivity contribution in [3.63, 3.8) is 0 Å². The monoisotopic (exact) mass is 368 g/mol. The maximum atomic E-state index is 11.8. The Labute approximate surface area is 156 Å². The number of hydrogen-bond acceptors (Lipinski definition) is 7. The Balaban J connectivity index is 1.84. The smallest absolute Gasteiger partial charge is 0.277 e. The van der Waals surface area contributed by atoms with Crippen LogP contribution in [-0.2, 0) is 9.53 Å². The van der Waals surface area contributed by atoms with Crippen molar-refractivity contribution in [2.45, 2.75) is 13.0 Å². The van der Waals surface area contributed by atoms with Gasteiger partial charge in [-0.05, 0) is 36.8 Å². The summed E-state index contributed by atoms with van der Waals surface area (Å²) in [6.45, 7) is 2.13. The van der Waals surface area contributed by atoms with Crippen molar-refractivity contribution < 1.29 is 19.5 Å². The predicted octanol–water partition coefficient (Wildman–Crippen LogP) is 2.97. The molecule has 0 spiro atoms. The van der Waals surface area contributed by atoms with E-state index >= 15 is 0 Å². The molecule has 3 rings (SSSR count). The van der Waals surface area contributed by atoms with Crippen LogP contribution in [0.2, 0.25) is 0 Å². The number of nitrogens with one attached hydrogen (secondary N) is 2. The number of amides is 1. The summed E-state index contributed by atoms with van der Waals surface area (Å²) in [4.78, 5) is 20.3. The number of hydrogen-bond donors (Lipinski definition) is 3. The van der Waals surface area contributed by atoms with Gasteiger partial charge in [0.2, 0.25) is 5.88 Å². The average molecular weight is 368 g/mol. The van der Waals surface area contributed by atoms with Gasteiger partial charge in [0, 0.05) is 29.9 Å². The van der Waals surface area contributed by atoms with E-state index in [0.29, 0.717) is 23.7 Å². The molecule has 3 N–H and O–H groups in total. The van der Waals surface area contributed by atoms with Crippen molar-refractivity contribution in [1.82, 2.24) is 15.4 Å². The lowest BCUT2D eigenvalue weighted by molar-refractivity contribution is -0.141. The third kappa shape index (κ3) is 4.13. The molecule has 0 aliphatic heterocycles. The van der Waals surface area contributed by atoms with Crippen LogP contribution >= 0.6 is 0 Å². The normalized spacial score (nSPS) is 11.8. The van der Waals surface area contributed by atoms with Gasteiger partial charge < -0.3 is 14.8 Å². The third-order valence-electron chi connectivity index (χ3n) is 3.96. The summed E-state index contributed by atoms with van der Waals surface area (Å²) in [6, 6.07) is 12.7. The lowest BCUT2D eigenvalue weighted by Crippen LogP contribution is -2.28. The molecular weight excluding hydrogens is 348 g/mol. The summed E-state index contributed by atoms with van der Waals surface area (Å²) < 4.78 is 10.5. The highest BCUT2D eigenvalue weighted by Gasteiger charge is 2.20. The Hall–Kier alpha value is -3.23. The number of pyridine rings is 2. The fraction of sp³-hybridized carbons (Fsp3) is 0.211. The van der Waals surface area contributed by atoms with Crippen LogP contribution in [0.1, 0.15) is 18.6 Å². The highest BCUT2D eigenvalue weighted by atomic mass is 16.5. The Kier molecular flexibility index (Phi) is 5.80. The van der Waals surface area contributed by atoms with Gasteiger partial charge in [-0.2, -0.15) is 4.98 Å². The van der Waals surface area contributed by atoms with Gasteiger partial charge in [-0.15, -0.1) is 0 Å². The van der Waals surface area contributed by atoms with Crippen LogP contribution in [0.4, 0.5) is 11.4 Å². The Bertz CT molecular complexity index is 931. The minimum absolute atomic E-state index is 0.345. The number of nitrogens with zero attached hydrogens (tertiary/aromatic N) is 2. The van der Waals surface area contributed by atoms with Crippen LogP contribution in [0.5, 0.6) is 5.88 Å². The second kappa shape index (κ2) is 8.43. The lowest BCUT2D eigenvalue weighted by Gasteiger charge is -2.16. The number of rotatable bonds is 7. The Morgan fingerprint density at radius 2 is 1.96 bits per heavy atom. The molecular formula is C19H20N4O4. The molecule has 0 saturated heterocycles. The molecule has 2 heterocycles. The van der Waals surface area contributed by atoms with Gasteiger partial charge >= 0.3 is 0 Å². The second-order valence-electron chi connectivity index (χ2n) is 5.64. The van der Waals surface area contributed by atoms with E-state index in [9.17, 15) is 4.79 Å². The van der Waals surface area contributed by atoms with E-state index in [-0.39, 0.29) is 0 Å². The van der Waals surface area contributed by atoms with Crippen LogP contribution in [0.15, 0.2) is 48.7 Å². The van der Waals surface area contributed by atoms with Gasteiger partial charge in [0.05, 0.1) is 12.8 Å². The molecule has 0 fully saturated rings. The van der Waals surface area contributed by atoms with Crippen molar-refractivity contribution in [1.29, 1.82) is 0 Å². The molecule has 0 radical (unpaired) electrons. The van der Waals surface area contributed by atoms with E-state index in [1.54, 1.807) is 43.9 Å². The van der Waals surface area contributed by atoms with E-state index < -0.39 is 12.0 Å². The number of hydroxylamine groups is 1. The van der Waals surface area contributed by atoms with E-state index in [2.05, 4.69) is 15.3 Å². The SMILES string of the molecule is CCOC(C(=O)NO)c1ccc(Nc2ccnc3nc(OC)ccc23)cc1. The zero-order chi connectivity index (χ0) is 19.2. The van der Waals surface area contributed by atoms with E-state index in [1.807, 2.05) is 24.3 Å². The predicted molar refractivity (Wildman–Crippen MR) is 100 cm³/mol. The quantitative estimate of drug-likeness (QED) is 0.435. The first-order valence-corrected chi connectivity index (χ1v) is 8.38. The van der Waals surface area contributed by atoms with Gasteiger partial charge in [-0.3, -0.25) is 10.0 Å². The minimum Gasteiger partial charge on any atom is -0.481 e. The number of fused-ring (bicyclic) bond motifs is 1.